The van der Waals surface area contributed by atoms with Gasteiger partial charge in [-0.15, -0.1) is 0 Å². The Hall–Kier alpha value is -2.99. The SMILES string of the molecule is c1ccc(-c2ccc(OP=NPOc3ccc(-c4ccccc4)cc3)cc2)cc1. The molecule has 0 fully saturated rings. The molecule has 1 unspecified atom stereocenters. The second-order valence-electron chi connectivity index (χ2n) is 6.25. The van der Waals surface area contributed by atoms with Crippen molar-refractivity contribution < 1.29 is 9.05 Å². The van der Waals surface area contributed by atoms with Gasteiger partial charge >= 0.3 is 0 Å². The molecule has 1 atom stereocenters. The molecule has 4 aromatic carbocycles. The van der Waals surface area contributed by atoms with Crippen molar-refractivity contribution in [3.05, 3.63) is 109 Å². The standard InChI is InChI=1S/C24H19NO2P2/c1-3-7-19(8-4-1)21-11-15-23(16-12-21)26-28-25-29-27-24-17-13-22(14-18-24)20-9-5-2-6-10-20/h1-18,28H. The normalized spacial score (nSPS) is 11.2. The van der Waals surface area contributed by atoms with Crippen LogP contribution in [0.2, 0.25) is 0 Å². The highest BCUT2D eigenvalue weighted by molar-refractivity contribution is 7.39. The predicted octanol–water partition coefficient (Wildman–Crippen LogP) is 8.03. The van der Waals surface area contributed by atoms with Gasteiger partial charge in [0.25, 0.3) is 0 Å². The summed E-state index contributed by atoms with van der Waals surface area (Å²) >= 11 is 0. The zero-order valence-corrected chi connectivity index (χ0v) is 17.5. The first-order valence-electron chi connectivity index (χ1n) is 9.18. The van der Waals surface area contributed by atoms with E-state index in [4.69, 9.17) is 9.05 Å². The van der Waals surface area contributed by atoms with Crippen LogP contribution in [0.3, 0.4) is 0 Å². The molecular weight excluding hydrogens is 396 g/mol. The second-order valence-corrected chi connectivity index (χ2v) is 7.78. The van der Waals surface area contributed by atoms with Crippen LogP contribution in [-0.2, 0) is 0 Å². The van der Waals surface area contributed by atoms with Gasteiger partial charge in [0.05, 0.1) is 0 Å². The third kappa shape index (κ3) is 5.51. The summed E-state index contributed by atoms with van der Waals surface area (Å²) in [5.74, 6) is 1.58. The summed E-state index contributed by atoms with van der Waals surface area (Å²) in [6.45, 7) is 0. The minimum atomic E-state index is -0.0125. The Morgan fingerprint density at radius 2 is 0.966 bits per heavy atom. The average molecular weight is 415 g/mol. The van der Waals surface area contributed by atoms with Crippen LogP contribution >= 0.6 is 17.6 Å². The van der Waals surface area contributed by atoms with Crippen molar-refractivity contribution in [3.8, 4) is 33.8 Å². The topological polar surface area (TPSA) is 30.8 Å². The Morgan fingerprint density at radius 1 is 0.517 bits per heavy atom. The second kappa shape index (κ2) is 9.98. The lowest BCUT2D eigenvalue weighted by Gasteiger charge is -2.05. The summed E-state index contributed by atoms with van der Waals surface area (Å²) in [4.78, 5) is 0. The highest BCUT2D eigenvalue weighted by Gasteiger charge is 1.99. The van der Waals surface area contributed by atoms with Crippen LogP contribution in [0.15, 0.2) is 114 Å². The van der Waals surface area contributed by atoms with Gasteiger partial charge in [-0.3, -0.25) is 0 Å². The van der Waals surface area contributed by atoms with E-state index in [2.05, 4.69) is 40.9 Å². The minimum Gasteiger partial charge on any atom is -0.454 e. The summed E-state index contributed by atoms with van der Waals surface area (Å²) in [5.41, 5.74) is 4.71. The van der Waals surface area contributed by atoms with Crippen LogP contribution in [0.4, 0.5) is 0 Å². The fourth-order valence-electron chi connectivity index (χ4n) is 2.84. The van der Waals surface area contributed by atoms with E-state index in [1.54, 1.807) is 0 Å². The number of benzene rings is 4. The van der Waals surface area contributed by atoms with Crippen molar-refractivity contribution >= 4 is 17.6 Å². The molecule has 0 aromatic heterocycles. The molecule has 5 heteroatoms. The molecule has 0 saturated carbocycles. The van der Waals surface area contributed by atoms with Crippen molar-refractivity contribution in [2.45, 2.75) is 0 Å². The van der Waals surface area contributed by atoms with Crippen LogP contribution in [0.5, 0.6) is 11.5 Å². The van der Waals surface area contributed by atoms with Gasteiger partial charge in [0.2, 0.25) is 17.6 Å². The minimum absolute atomic E-state index is 0.0125. The lowest BCUT2D eigenvalue weighted by Crippen LogP contribution is -1.79. The largest absolute Gasteiger partial charge is 0.454 e. The fraction of sp³-hybridized carbons (Fsp3) is 0. The molecule has 0 aliphatic rings. The van der Waals surface area contributed by atoms with Gasteiger partial charge in [0.1, 0.15) is 11.5 Å². The van der Waals surface area contributed by atoms with E-state index in [9.17, 15) is 0 Å². The highest BCUT2D eigenvalue weighted by atomic mass is 31.1. The van der Waals surface area contributed by atoms with Crippen LogP contribution < -0.4 is 9.05 Å². The van der Waals surface area contributed by atoms with E-state index in [0.29, 0.717) is 8.60 Å². The molecule has 0 aliphatic heterocycles. The third-order valence-corrected chi connectivity index (χ3v) is 5.59. The molecule has 0 saturated heterocycles. The summed E-state index contributed by atoms with van der Waals surface area (Å²) in [5, 5.41) is 0. The number of hydrogen-bond acceptors (Lipinski definition) is 3. The molecule has 0 N–H and O–H groups in total. The van der Waals surface area contributed by atoms with E-state index in [0.717, 1.165) is 17.1 Å². The maximum absolute atomic E-state index is 5.69. The lowest BCUT2D eigenvalue weighted by molar-refractivity contribution is 0.627. The molecule has 0 spiro atoms. The molecular formula is C24H19NO2P2. The first kappa shape index (κ1) is 19.3. The number of rotatable bonds is 7. The third-order valence-electron chi connectivity index (χ3n) is 4.31. The average Bonchev–Trinajstić information content (AvgIpc) is 2.81. The molecule has 4 rings (SSSR count). The number of nitrogens with zero attached hydrogens (tertiary/aromatic N) is 1. The van der Waals surface area contributed by atoms with Crippen LogP contribution in [0.1, 0.15) is 0 Å². The summed E-state index contributed by atoms with van der Waals surface area (Å²) in [6.07, 6.45) is 0. The Labute approximate surface area is 174 Å². The molecule has 3 nitrogen and oxygen atoms in total. The number of hydrogen-bond donors (Lipinski definition) is 0. The smallest absolute Gasteiger partial charge is 0.249 e. The van der Waals surface area contributed by atoms with Gasteiger partial charge in [-0.05, 0) is 46.5 Å². The monoisotopic (exact) mass is 415 g/mol. The van der Waals surface area contributed by atoms with E-state index in [-0.39, 0.29) is 8.96 Å². The first-order valence-corrected chi connectivity index (χ1v) is 10.8. The van der Waals surface area contributed by atoms with Gasteiger partial charge in [0, 0.05) is 0 Å². The van der Waals surface area contributed by atoms with Gasteiger partial charge in [-0.1, -0.05) is 84.9 Å². The fourth-order valence-corrected chi connectivity index (χ4v) is 3.76. The Morgan fingerprint density at radius 3 is 1.48 bits per heavy atom. The molecule has 29 heavy (non-hydrogen) atoms. The van der Waals surface area contributed by atoms with E-state index in [1.165, 1.54) is 16.7 Å². The van der Waals surface area contributed by atoms with Gasteiger partial charge in [0.15, 0.2) is 0 Å². The zero-order chi connectivity index (χ0) is 19.7. The molecule has 0 amide bonds. The van der Waals surface area contributed by atoms with Crippen LogP contribution in [0.25, 0.3) is 22.3 Å². The molecule has 0 radical (unpaired) electrons. The Bertz CT molecular complexity index is 1050. The van der Waals surface area contributed by atoms with Gasteiger partial charge in [-0.2, -0.15) is 4.52 Å². The van der Waals surface area contributed by atoms with Gasteiger partial charge < -0.3 is 9.05 Å². The van der Waals surface area contributed by atoms with Crippen molar-refractivity contribution in [3.63, 3.8) is 0 Å². The summed E-state index contributed by atoms with van der Waals surface area (Å²) < 4.78 is 15.6. The zero-order valence-electron chi connectivity index (χ0n) is 15.6. The molecule has 142 valence electrons. The maximum atomic E-state index is 5.69. The van der Waals surface area contributed by atoms with E-state index < -0.39 is 0 Å². The molecule has 4 aromatic rings. The predicted molar refractivity (Wildman–Crippen MR) is 123 cm³/mol. The lowest BCUT2D eigenvalue weighted by atomic mass is 10.1. The van der Waals surface area contributed by atoms with Crippen LogP contribution in [-0.4, -0.2) is 0 Å². The van der Waals surface area contributed by atoms with E-state index in [1.807, 2.05) is 72.8 Å². The maximum Gasteiger partial charge on any atom is 0.249 e. The Balaban J connectivity index is 1.25. The van der Waals surface area contributed by atoms with Gasteiger partial charge in [-0.25, -0.2) is 0 Å². The molecule has 0 heterocycles. The molecule has 0 aliphatic carbocycles. The van der Waals surface area contributed by atoms with E-state index >= 15 is 0 Å². The van der Waals surface area contributed by atoms with Crippen LogP contribution in [0, 0.1) is 0 Å². The van der Waals surface area contributed by atoms with Crippen molar-refractivity contribution in [1.82, 2.24) is 0 Å². The highest BCUT2D eigenvalue weighted by Crippen LogP contribution is 2.29. The van der Waals surface area contributed by atoms with Crippen molar-refractivity contribution in [2.75, 3.05) is 0 Å². The first-order chi connectivity index (χ1) is 14.4. The Kier molecular flexibility index (Phi) is 6.65. The quantitative estimate of drug-likeness (QED) is 0.286. The molecule has 0 bridgehead atoms. The van der Waals surface area contributed by atoms with Crippen molar-refractivity contribution in [1.29, 1.82) is 0 Å². The summed E-state index contributed by atoms with van der Waals surface area (Å²) in [7, 11) is 0.513. The summed E-state index contributed by atoms with van der Waals surface area (Å²) in [6, 6.07) is 36.6. The van der Waals surface area contributed by atoms with Crippen molar-refractivity contribution in [2.24, 2.45) is 4.52 Å².